The molecule has 5 rings (SSSR count). The second-order valence-electron chi connectivity index (χ2n) is 8.57. The van der Waals surface area contributed by atoms with Gasteiger partial charge in [0, 0.05) is 30.6 Å². The van der Waals surface area contributed by atoms with Gasteiger partial charge < -0.3 is 9.64 Å². The molecule has 0 aliphatic carbocycles. The van der Waals surface area contributed by atoms with Crippen molar-refractivity contribution < 1.29 is 22.3 Å². The first-order valence-corrected chi connectivity index (χ1v) is 11.0. The number of benzene rings is 1. The van der Waals surface area contributed by atoms with E-state index in [0.29, 0.717) is 23.1 Å². The number of nitrogens with zero attached hydrogens (tertiary/aromatic N) is 6. The van der Waals surface area contributed by atoms with E-state index in [4.69, 9.17) is 4.74 Å². The van der Waals surface area contributed by atoms with Gasteiger partial charge in [0.1, 0.15) is 41.3 Å². The van der Waals surface area contributed by atoms with Crippen molar-refractivity contribution >= 4 is 17.0 Å². The van der Waals surface area contributed by atoms with E-state index in [1.165, 1.54) is 22.7 Å². The minimum Gasteiger partial charge on any atom is -0.329 e. The van der Waals surface area contributed by atoms with Crippen LogP contribution in [0.3, 0.4) is 0 Å². The SMILES string of the molecule is Cc1cc([C@@H]2CN(c3nc(-c4ccc(F)cc4F)c4nc(C)n(C)c(=O)c4n3)CC(F)(F)O2)ccn1. The van der Waals surface area contributed by atoms with Gasteiger partial charge in [0.25, 0.3) is 5.56 Å². The van der Waals surface area contributed by atoms with Gasteiger partial charge in [-0.3, -0.25) is 14.3 Å². The lowest BCUT2D eigenvalue weighted by Crippen LogP contribution is -2.49. The summed E-state index contributed by atoms with van der Waals surface area (Å²) in [6, 6.07) is 6.06. The van der Waals surface area contributed by atoms with Crippen molar-refractivity contribution in [2.75, 3.05) is 18.0 Å². The number of hydrogen-bond donors (Lipinski definition) is 0. The molecule has 0 saturated carbocycles. The summed E-state index contributed by atoms with van der Waals surface area (Å²) in [6.45, 7) is 2.33. The fraction of sp³-hybridized carbons (Fsp3) is 0.292. The molecular formula is C24H20F4N6O2. The van der Waals surface area contributed by atoms with Crippen LogP contribution in [0, 0.1) is 25.5 Å². The molecular weight excluding hydrogens is 480 g/mol. The summed E-state index contributed by atoms with van der Waals surface area (Å²) in [5, 5.41) is 0. The lowest BCUT2D eigenvalue weighted by Gasteiger charge is -2.37. The molecule has 1 saturated heterocycles. The van der Waals surface area contributed by atoms with Crippen LogP contribution in [0.4, 0.5) is 23.5 Å². The maximum atomic E-state index is 14.8. The highest BCUT2D eigenvalue weighted by molar-refractivity contribution is 5.89. The number of alkyl halides is 2. The lowest BCUT2D eigenvalue weighted by molar-refractivity contribution is -0.269. The summed E-state index contributed by atoms with van der Waals surface area (Å²) >= 11 is 0. The minimum absolute atomic E-state index is 0.0220. The molecule has 1 aliphatic rings. The number of anilines is 1. The Morgan fingerprint density at radius 1 is 1.06 bits per heavy atom. The number of aromatic nitrogens is 5. The predicted octanol–water partition coefficient (Wildman–Crippen LogP) is 3.85. The summed E-state index contributed by atoms with van der Waals surface area (Å²) in [4.78, 5) is 31.2. The highest BCUT2D eigenvalue weighted by atomic mass is 19.3. The molecule has 0 bridgehead atoms. The van der Waals surface area contributed by atoms with Gasteiger partial charge in [-0.05, 0) is 43.7 Å². The van der Waals surface area contributed by atoms with Gasteiger partial charge in [0.15, 0.2) is 5.52 Å². The average Bonchev–Trinajstić information content (AvgIpc) is 2.81. The molecule has 0 radical (unpaired) electrons. The molecule has 0 unspecified atom stereocenters. The third-order valence-electron chi connectivity index (χ3n) is 5.98. The Bertz CT molecular complexity index is 1560. The van der Waals surface area contributed by atoms with Crippen molar-refractivity contribution in [3.05, 3.63) is 75.6 Å². The third-order valence-corrected chi connectivity index (χ3v) is 5.98. The monoisotopic (exact) mass is 500 g/mol. The highest BCUT2D eigenvalue weighted by Gasteiger charge is 2.43. The number of ether oxygens (including phenoxy) is 1. The summed E-state index contributed by atoms with van der Waals surface area (Å²) < 4.78 is 64.1. The fourth-order valence-corrected chi connectivity index (χ4v) is 4.11. The maximum absolute atomic E-state index is 14.8. The number of halogens is 4. The van der Waals surface area contributed by atoms with E-state index >= 15 is 0 Å². The molecule has 0 N–H and O–H groups in total. The van der Waals surface area contributed by atoms with Crippen molar-refractivity contribution in [1.82, 2.24) is 24.5 Å². The molecule has 0 amide bonds. The molecule has 1 fully saturated rings. The van der Waals surface area contributed by atoms with Gasteiger partial charge >= 0.3 is 6.11 Å². The molecule has 1 atom stereocenters. The smallest absolute Gasteiger partial charge is 0.329 e. The maximum Gasteiger partial charge on any atom is 0.373 e. The zero-order valence-corrected chi connectivity index (χ0v) is 19.5. The van der Waals surface area contributed by atoms with E-state index in [0.717, 1.165) is 12.1 Å². The fourth-order valence-electron chi connectivity index (χ4n) is 4.11. The Kier molecular flexibility index (Phi) is 5.70. The number of morpholine rings is 1. The van der Waals surface area contributed by atoms with Crippen molar-refractivity contribution in [2.24, 2.45) is 7.05 Å². The molecule has 186 valence electrons. The van der Waals surface area contributed by atoms with Crippen LogP contribution >= 0.6 is 0 Å². The number of hydrogen-bond acceptors (Lipinski definition) is 7. The Morgan fingerprint density at radius 2 is 1.83 bits per heavy atom. The first-order valence-electron chi connectivity index (χ1n) is 11.0. The van der Waals surface area contributed by atoms with Gasteiger partial charge in [-0.25, -0.2) is 23.7 Å². The lowest BCUT2D eigenvalue weighted by atomic mass is 10.1. The van der Waals surface area contributed by atoms with Gasteiger partial charge in [-0.1, -0.05) is 0 Å². The molecule has 36 heavy (non-hydrogen) atoms. The summed E-state index contributed by atoms with van der Waals surface area (Å²) in [6.07, 6.45) is -3.14. The molecule has 3 aromatic heterocycles. The van der Waals surface area contributed by atoms with E-state index in [2.05, 4.69) is 19.9 Å². The Balaban J connectivity index is 1.70. The standard InChI is InChI=1S/C24H20F4N6O2/c1-12-8-14(6-7-29-12)18-10-34(11-24(27,28)36-18)23-31-19(16-5-4-15(25)9-17(16)26)20-21(32-23)22(35)33(3)13(2)30-20/h4-9,18H,10-11H2,1-3H3/t18-/m0/s1. The summed E-state index contributed by atoms with van der Waals surface area (Å²) in [5.74, 6) is -1.68. The molecule has 12 heteroatoms. The number of aryl methyl sites for hydroxylation is 2. The van der Waals surface area contributed by atoms with E-state index < -0.39 is 36.0 Å². The number of rotatable bonds is 3. The van der Waals surface area contributed by atoms with Gasteiger partial charge in [-0.2, -0.15) is 8.78 Å². The van der Waals surface area contributed by atoms with Crippen LogP contribution in [-0.4, -0.2) is 43.7 Å². The highest BCUT2D eigenvalue weighted by Crippen LogP contribution is 2.36. The normalized spacial score (nSPS) is 17.5. The molecule has 4 heterocycles. The van der Waals surface area contributed by atoms with Crippen molar-refractivity contribution in [3.63, 3.8) is 0 Å². The van der Waals surface area contributed by atoms with Crippen LogP contribution in [-0.2, 0) is 11.8 Å². The first-order chi connectivity index (χ1) is 17.0. The quantitative estimate of drug-likeness (QED) is 0.395. The second kappa shape index (κ2) is 8.63. The topological polar surface area (TPSA) is 86.0 Å². The van der Waals surface area contributed by atoms with Crippen molar-refractivity contribution in [3.8, 4) is 11.3 Å². The van der Waals surface area contributed by atoms with Gasteiger partial charge in [0.05, 0.1) is 6.54 Å². The van der Waals surface area contributed by atoms with Crippen LogP contribution in [0.25, 0.3) is 22.3 Å². The number of pyridine rings is 1. The Hall–Kier alpha value is -3.93. The van der Waals surface area contributed by atoms with Crippen LogP contribution in [0.2, 0.25) is 0 Å². The summed E-state index contributed by atoms with van der Waals surface area (Å²) in [5.41, 5.74) is 0.0736. The minimum atomic E-state index is -3.57. The van der Waals surface area contributed by atoms with Gasteiger partial charge in [-0.15, -0.1) is 0 Å². The van der Waals surface area contributed by atoms with Crippen molar-refractivity contribution in [1.29, 1.82) is 0 Å². The summed E-state index contributed by atoms with van der Waals surface area (Å²) in [7, 11) is 1.48. The largest absolute Gasteiger partial charge is 0.373 e. The van der Waals surface area contributed by atoms with E-state index in [1.54, 1.807) is 26.0 Å². The van der Waals surface area contributed by atoms with Crippen LogP contribution < -0.4 is 10.5 Å². The van der Waals surface area contributed by atoms with Crippen LogP contribution in [0.1, 0.15) is 23.2 Å². The van der Waals surface area contributed by atoms with E-state index in [-0.39, 0.29) is 34.8 Å². The third kappa shape index (κ3) is 4.28. The zero-order valence-electron chi connectivity index (χ0n) is 19.5. The predicted molar refractivity (Wildman–Crippen MR) is 123 cm³/mol. The van der Waals surface area contributed by atoms with E-state index in [1.807, 2.05) is 0 Å². The molecule has 1 aliphatic heterocycles. The molecule has 8 nitrogen and oxygen atoms in total. The van der Waals surface area contributed by atoms with Crippen LogP contribution in [0.5, 0.6) is 0 Å². The first kappa shape index (κ1) is 23.8. The van der Waals surface area contributed by atoms with Crippen LogP contribution in [0.15, 0.2) is 41.3 Å². The molecule has 4 aromatic rings. The molecule has 1 aromatic carbocycles. The van der Waals surface area contributed by atoms with Crippen molar-refractivity contribution in [2.45, 2.75) is 26.1 Å². The molecule has 0 spiro atoms. The average molecular weight is 500 g/mol. The number of fused-ring (bicyclic) bond motifs is 1. The zero-order chi connectivity index (χ0) is 25.8. The van der Waals surface area contributed by atoms with E-state index in [9.17, 15) is 22.4 Å². The Morgan fingerprint density at radius 3 is 2.56 bits per heavy atom. The Labute approximate surface area is 202 Å². The van der Waals surface area contributed by atoms with Gasteiger partial charge in [0.2, 0.25) is 5.95 Å². The second-order valence-corrected chi connectivity index (χ2v) is 8.57.